The SMILES string of the molecule is O=C1NC(C(=O)NC23CC4CC(CC(C4)C2)C3)(C2CCCCC2)c2ccccc21. The van der Waals surface area contributed by atoms with Crippen LogP contribution in [0.5, 0.6) is 0 Å². The van der Waals surface area contributed by atoms with Gasteiger partial charge in [0.1, 0.15) is 5.54 Å². The predicted octanol–water partition coefficient (Wildman–Crippen LogP) is 4.29. The van der Waals surface area contributed by atoms with Gasteiger partial charge in [-0.3, -0.25) is 9.59 Å². The third-order valence-electron chi connectivity index (χ3n) is 8.90. The van der Waals surface area contributed by atoms with Crippen LogP contribution in [0.3, 0.4) is 0 Å². The fourth-order valence-electron chi connectivity index (χ4n) is 8.16. The molecule has 1 aromatic rings. The van der Waals surface area contributed by atoms with E-state index >= 15 is 0 Å². The Morgan fingerprint density at radius 1 is 0.931 bits per heavy atom. The third-order valence-corrected chi connectivity index (χ3v) is 8.90. The summed E-state index contributed by atoms with van der Waals surface area (Å²) >= 11 is 0. The largest absolute Gasteiger partial charge is 0.348 e. The normalized spacial score (nSPS) is 40.6. The van der Waals surface area contributed by atoms with Crippen molar-refractivity contribution in [1.82, 2.24) is 10.6 Å². The predicted molar refractivity (Wildman–Crippen MR) is 111 cm³/mol. The average molecular weight is 393 g/mol. The van der Waals surface area contributed by atoms with E-state index in [1.54, 1.807) is 0 Å². The number of hydrogen-bond donors (Lipinski definition) is 2. The van der Waals surface area contributed by atoms with Crippen molar-refractivity contribution in [1.29, 1.82) is 0 Å². The average Bonchev–Trinajstić information content (AvgIpc) is 3.01. The Kier molecular flexibility index (Phi) is 3.92. The van der Waals surface area contributed by atoms with Crippen LogP contribution >= 0.6 is 0 Å². The summed E-state index contributed by atoms with van der Waals surface area (Å²) < 4.78 is 0. The van der Waals surface area contributed by atoms with Gasteiger partial charge in [0, 0.05) is 11.1 Å². The Morgan fingerprint density at radius 3 is 2.21 bits per heavy atom. The lowest BCUT2D eigenvalue weighted by atomic mass is 9.53. The van der Waals surface area contributed by atoms with Gasteiger partial charge in [-0.25, -0.2) is 0 Å². The molecule has 4 nitrogen and oxygen atoms in total. The standard InChI is InChI=1S/C25H32N2O2/c28-22-20-8-4-5-9-21(20)25(26-22,19-6-2-1-3-7-19)23(29)27-24-13-16-10-17(14-24)12-18(11-16)15-24/h4-5,8-9,16-19H,1-3,6-7,10-15H2,(H,26,28)(H,27,29). The second-order valence-electron chi connectivity index (χ2n) is 10.8. The van der Waals surface area contributed by atoms with Crippen LogP contribution in [0.1, 0.15) is 86.6 Å². The maximum Gasteiger partial charge on any atom is 0.252 e. The summed E-state index contributed by atoms with van der Waals surface area (Å²) in [5.41, 5.74) is 0.700. The van der Waals surface area contributed by atoms with E-state index < -0.39 is 5.54 Å². The first kappa shape index (κ1) is 18.0. The maximum absolute atomic E-state index is 14.1. The molecule has 29 heavy (non-hydrogen) atoms. The molecule has 7 rings (SSSR count). The van der Waals surface area contributed by atoms with Crippen LogP contribution in [0.4, 0.5) is 0 Å². The van der Waals surface area contributed by atoms with Crippen molar-refractivity contribution in [3.8, 4) is 0 Å². The summed E-state index contributed by atoms with van der Waals surface area (Å²) in [6, 6.07) is 7.79. The van der Waals surface area contributed by atoms with Crippen molar-refractivity contribution in [2.45, 2.75) is 81.7 Å². The minimum absolute atomic E-state index is 0.0320. The topological polar surface area (TPSA) is 58.2 Å². The van der Waals surface area contributed by atoms with Gasteiger partial charge in [-0.2, -0.15) is 0 Å². The molecule has 1 atom stereocenters. The molecule has 1 heterocycles. The summed E-state index contributed by atoms with van der Waals surface area (Å²) in [6.07, 6.45) is 13.1. The first-order chi connectivity index (χ1) is 14.1. The number of amides is 2. The highest BCUT2D eigenvalue weighted by molar-refractivity contribution is 6.07. The molecule has 2 N–H and O–H groups in total. The van der Waals surface area contributed by atoms with Crippen LogP contribution in [-0.2, 0) is 10.3 Å². The summed E-state index contributed by atoms with van der Waals surface area (Å²) in [4.78, 5) is 27.0. The lowest BCUT2D eigenvalue weighted by molar-refractivity contribution is -0.136. The molecular weight excluding hydrogens is 360 g/mol. The number of rotatable bonds is 3. The van der Waals surface area contributed by atoms with Gasteiger partial charge in [-0.1, -0.05) is 37.5 Å². The number of hydrogen-bond acceptors (Lipinski definition) is 2. The molecule has 4 heteroatoms. The Bertz CT molecular complexity index is 821. The number of carbonyl (C=O) groups is 2. The molecule has 1 aromatic carbocycles. The van der Waals surface area contributed by atoms with Crippen LogP contribution in [0, 0.1) is 23.7 Å². The van der Waals surface area contributed by atoms with Gasteiger partial charge >= 0.3 is 0 Å². The maximum atomic E-state index is 14.1. The van der Waals surface area contributed by atoms with Gasteiger partial charge in [0.15, 0.2) is 0 Å². The molecule has 5 aliphatic carbocycles. The van der Waals surface area contributed by atoms with Crippen LogP contribution in [0.25, 0.3) is 0 Å². The molecule has 6 aliphatic rings. The Balaban J connectivity index is 1.38. The lowest BCUT2D eigenvalue weighted by Gasteiger charge is -2.57. The van der Waals surface area contributed by atoms with E-state index in [1.807, 2.05) is 24.3 Å². The molecule has 5 saturated carbocycles. The van der Waals surface area contributed by atoms with Gasteiger partial charge < -0.3 is 10.6 Å². The van der Waals surface area contributed by atoms with E-state index in [4.69, 9.17) is 0 Å². The zero-order chi connectivity index (χ0) is 19.6. The molecule has 5 fully saturated rings. The first-order valence-electron chi connectivity index (χ1n) is 11.8. The molecule has 0 saturated heterocycles. The van der Waals surface area contributed by atoms with Crippen molar-refractivity contribution >= 4 is 11.8 Å². The summed E-state index contributed by atoms with van der Waals surface area (Å²) in [5, 5.41) is 6.85. The fraction of sp³-hybridized carbons (Fsp3) is 0.680. The molecule has 0 radical (unpaired) electrons. The van der Waals surface area contributed by atoms with E-state index in [0.717, 1.165) is 68.3 Å². The molecule has 1 aliphatic heterocycles. The lowest BCUT2D eigenvalue weighted by Crippen LogP contribution is -2.66. The molecule has 2 amide bonds. The van der Waals surface area contributed by atoms with Crippen molar-refractivity contribution in [2.24, 2.45) is 23.7 Å². The Labute approximate surface area is 173 Å². The number of fused-ring (bicyclic) bond motifs is 1. The van der Waals surface area contributed by atoms with Gasteiger partial charge in [0.05, 0.1) is 0 Å². The fourth-order valence-corrected chi connectivity index (χ4v) is 8.16. The quantitative estimate of drug-likeness (QED) is 0.806. The van der Waals surface area contributed by atoms with Crippen LogP contribution < -0.4 is 10.6 Å². The molecule has 154 valence electrons. The Hall–Kier alpha value is -1.84. The number of carbonyl (C=O) groups excluding carboxylic acids is 2. The van der Waals surface area contributed by atoms with Crippen LogP contribution in [0.15, 0.2) is 24.3 Å². The van der Waals surface area contributed by atoms with Crippen LogP contribution in [0.2, 0.25) is 0 Å². The highest BCUT2D eigenvalue weighted by atomic mass is 16.2. The first-order valence-corrected chi connectivity index (χ1v) is 11.8. The smallest absolute Gasteiger partial charge is 0.252 e. The van der Waals surface area contributed by atoms with Gasteiger partial charge in [0.2, 0.25) is 0 Å². The molecule has 0 spiro atoms. The molecule has 4 bridgehead atoms. The summed E-state index contributed by atoms with van der Waals surface area (Å²) in [5.74, 6) is 2.56. The highest BCUT2D eigenvalue weighted by Gasteiger charge is 2.57. The second kappa shape index (κ2) is 6.33. The summed E-state index contributed by atoms with van der Waals surface area (Å²) in [7, 11) is 0. The minimum atomic E-state index is -0.878. The van der Waals surface area contributed by atoms with Crippen LogP contribution in [-0.4, -0.2) is 17.4 Å². The van der Waals surface area contributed by atoms with E-state index in [1.165, 1.54) is 25.7 Å². The van der Waals surface area contributed by atoms with Crippen molar-refractivity contribution < 1.29 is 9.59 Å². The highest BCUT2D eigenvalue weighted by Crippen LogP contribution is 2.56. The van der Waals surface area contributed by atoms with Crippen molar-refractivity contribution in [2.75, 3.05) is 0 Å². The van der Waals surface area contributed by atoms with Gasteiger partial charge in [-0.15, -0.1) is 0 Å². The number of nitrogens with one attached hydrogen (secondary N) is 2. The van der Waals surface area contributed by atoms with E-state index in [0.29, 0.717) is 5.56 Å². The minimum Gasteiger partial charge on any atom is -0.348 e. The van der Waals surface area contributed by atoms with E-state index in [-0.39, 0.29) is 23.3 Å². The van der Waals surface area contributed by atoms with E-state index in [9.17, 15) is 9.59 Å². The van der Waals surface area contributed by atoms with Gasteiger partial charge in [-0.05, 0) is 86.7 Å². The zero-order valence-electron chi connectivity index (χ0n) is 17.2. The van der Waals surface area contributed by atoms with E-state index in [2.05, 4.69) is 10.6 Å². The van der Waals surface area contributed by atoms with Crippen molar-refractivity contribution in [3.63, 3.8) is 0 Å². The third kappa shape index (κ3) is 2.63. The molecule has 1 unspecified atom stereocenters. The van der Waals surface area contributed by atoms with Crippen molar-refractivity contribution in [3.05, 3.63) is 35.4 Å². The zero-order valence-corrected chi connectivity index (χ0v) is 17.2. The molecular formula is C25H32N2O2. The second-order valence-corrected chi connectivity index (χ2v) is 10.8. The Morgan fingerprint density at radius 2 is 1.55 bits per heavy atom. The monoisotopic (exact) mass is 392 g/mol. The summed E-state index contributed by atoms with van der Waals surface area (Å²) in [6.45, 7) is 0. The van der Waals surface area contributed by atoms with Gasteiger partial charge in [0.25, 0.3) is 11.8 Å². The number of benzene rings is 1. The molecule has 0 aromatic heterocycles.